The van der Waals surface area contributed by atoms with E-state index in [1.165, 1.54) is 50.5 Å². The lowest BCUT2D eigenvalue weighted by Gasteiger charge is -2.02. The molecule has 1 atom stereocenters. The van der Waals surface area contributed by atoms with Crippen LogP contribution in [0.2, 0.25) is 0 Å². The van der Waals surface area contributed by atoms with E-state index in [1.807, 2.05) is 12.1 Å². The first-order valence-electron chi connectivity index (χ1n) is 7.12. The fourth-order valence-corrected chi connectivity index (χ4v) is 1.95. The normalized spacial score (nSPS) is 11.6. The third-order valence-electron chi connectivity index (χ3n) is 3.01. The molecule has 2 N–H and O–H groups in total. The van der Waals surface area contributed by atoms with Gasteiger partial charge in [-0.25, -0.2) is 4.21 Å². The average Bonchev–Trinajstić information content (AvgIpc) is 2.39. The Morgan fingerprint density at radius 3 is 1.95 bits per heavy atom. The maximum absolute atomic E-state index is 9.15. The molecule has 0 radical (unpaired) electrons. The third kappa shape index (κ3) is 13.5. The lowest BCUT2D eigenvalue weighted by molar-refractivity contribution is 0.436. The second-order valence-electron chi connectivity index (χ2n) is 4.75. The summed E-state index contributed by atoms with van der Waals surface area (Å²) in [5.41, 5.74) is 1.34. The maximum atomic E-state index is 9.15. The molecule has 1 aromatic rings. The zero-order chi connectivity index (χ0) is 15.2. The lowest BCUT2D eigenvalue weighted by atomic mass is 10.0. The Hall–Kier alpha value is -0.910. The number of aromatic hydroxyl groups is 1. The van der Waals surface area contributed by atoms with Gasteiger partial charge < -0.3 is 14.2 Å². The van der Waals surface area contributed by atoms with Crippen molar-refractivity contribution in [1.82, 2.24) is 0 Å². The summed E-state index contributed by atoms with van der Waals surface area (Å²) in [5, 5.41) is 9.15. The van der Waals surface area contributed by atoms with Crippen LogP contribution in [0.4, 0.5) is 0 Å². The molecule has 1 aromatic carbocycles. The van der Waals surface area contributed by atoms with Crippen LogP contribution in [0.5, 0.6) is 5.75 Å². The SMILES string of the molecule is CCCCCCCCCc1ccc(O)cc1.O=S([O-])O. The molecule has 0 amide bonds. The van der Waals surface area contributed by atoms with E-state index >= 15 is 0 Å². The minimum absolute atomic E-state index is 0.364. The second-order valence-corrected chi connectivity index (χ2v) is 5.19. The molecule has 1 rings (SSSR count). The maximum Gasteiger partial charge on any atom is 0.115 e. The van der Waals surface area contributed by atoms with Crippen LogP contribution in [-0.2, 0) is 17.8 Å². The number of phenols is 1. The van der Waals surface area contributed by atoms with Gasteiger partial charge in [0.15, 0.2) is 0 Å². The summed E-state index contributed by atoms with van der Waals surface area (Å²) >= 11 is -2.86. The Balaban J connectivity index is 0.000000796. The summed E-state index contributed by atoms with van der Waals surface area (Å²) in [4.78, 5) is 0. The largest absolute Gasteiger partial charge is 0.750 e. The molecule has 116 valence electrons. The Morgan fingerprint density at radius 1 is 1.00 bits per heavy atom. The molecule has 0 spiro atoms. The smallest absolute Gasteiger partial charge is 0.115 e. The Morgan fingerprint density at radius 2 is 1.45 bits per heavy atom. The molecular weight excluding hydrogens is 276 g/mol. The molecule has 4 nitrogen and oxygen atoms in total. The van der Waals surface area contributed by atoms with Crippen molar-refractivity contribution < 1.29 is 18.4 Å². The van der Waals surface area contributed by atoms with E-state index in [0.717, 1.165) is 6.42 Å². The summed E-state index contributed by atoms with van der Waals surface area (Å²) < 4.78 is 24.1. The van der Waals surface area contributed by atoms with Crippen molar-refractivity contribution in [3.63, 3.8) is 0 Å². The molecule has 0 aliphatic carbocycles. The molecular formula is C15H25O4S-. The van der Waals surface area contributed by atoms with Crippen LogP contribution >= 0.6 is 0 Å². The molecule has 0 aromatic heterocycles. The van der Waals surface area contributed by atoms with Crippen LogP contribution < -0.4 is 0 Å². The fraction of sp³-hybridized carbons (Fsp3) is 0.600. The van der Waals surface area contributed by atoms with Crippen LogP contribution in [-0.4, -0.2) is 18.4 Å². The van der Waals surface area contributed by atoms with E-state index in [1.54, 1.807) is 12.1 Å². The summed E-state index contributed by atoms with van der Waals surface area (Å²) in [6.45, 7) is 2.25. The standard InChI is InChI=1S/C15H24O.H2O3S/c1-2-3-4-5-6-7-8-9-14-10-12-15(16)13-11-14;1-4(2)3/h10-13,16H,2-9H2,1H3;(H2,1,2,3)/p-1. The topological polar surface area (TPSA) is 80.6 Å². The zero-order valence-electron chi connectivity index (χ0n) is 12.1. The first-order valence-corrected chi connectivity index (χ1v) is 8.15. The van der Waals surface area contributed by atoms with E-state index in [-0.39, 0.29) is 0 Å². The van der Waals surface area contributed by atoms with Crippen LogP contribution in [0.1, 0.15) is 57.4 Å². The van der Waals surface area contributed by atoms with Gasteiger partial charge in [0.2, 0.25) is 0 Å². The van der Waals surface area contributed by atoms with Gasteiger partial charge in [0.05, 0.1) is 11.4 Å². The van der Waals surface area contributed by atoms with Crippen molar-refractivity contribution in [2.45, 2.75) is 58.3 Å². The van der Waals surface area contributed by atoms with Crippen molar-refractivity contribution in [3.8, 4) is 5.75 Å². The van der Waals surface area contributed by atoms with Gasteiger partial charge in [-0.15, -0.1) is 0 Å². The summed E-state index contributed by atoms with van der Waals surface area (Å²) in [6.07, 6.45) is 10.6. The molecule has 0 aliphatic rings. The predicted molar refractivity (Wildman–Crippen MR) is 81.4 cm³/mol. The van der Waals surface area contributed by atoms with E-state index in [2.05, 4.69) is 6.92 Å². The molecule has 0 aliphatic heterocycles. The van der Waals surface area contributed by atoms with Crippen LogP contribution in [0.3, 0.4) is 0 Å². The highest BCUT2D eigenvalue weighted by Crippen LogP contribution is 2.13. The minimum Gasteiger partial charge on any atom is -0.750 e. The molecule has 0 saturated heterocycles. The van der Waals surface area contributed by atoms with Crippen molar-refractivity contribution in [2.24, 2.45) is 0 Å². The highest BCUT2D eigenvalue weighted by Gasteiger charge is 1.94. The van der Waals surface area contributed by atoms with Crippen molar-refractivity contribution in [3.05, 3.63) is 29.8 Å². The summed E-state index contributed by atoms with van der Waals surface area (Å²) in [7, 11) is 0. The quantitative estimate of drug-likeness (QED) is 0.561. The minimum atomic E-state index is -2.86. The number of aryl methyl sites for hydroxylation is 1. The lowest BCUT2D eigenvalue weighted by Crippen LogP contribution is -1.85. The number of rotatable bonds is 8. The highest BCUT2D eigenvalue weighted by atomic mass is 32.2. The number of hydrogen-bond donors (Lipinski definition) is 2. The number of unbranched alkanes of at least 4 members (excludes halogenated alkanes) is 6. The monoisotopic (exact) mass is 301 g/mol. The van der Waals surface area contributed by atoms with E-state index in [0.29, 0.717) is 5.75 Å². The number of phenolic OH excluding ortho intramolecular Hbond substituents is 1. The molecule has 5 heteroatoms. The van der Waals surface area contributed by atoms with Gasteiger partial charge in [0.1, 0.15) is 5.75 Å². The first-order chi connectivity index (χ1) is 9.56. The van der Waals surface area contributed by atoms with Gasteiger partial charge in [-0.1, -0.05) is 57.6 Å². The van der Waals surface area contributed by atoms with Gasteiger partial charge in [-0.05, 0) is 30.5 Å². The van der Waals surface area contributed by atoms with Gasteiger partial charge in [-0.2, -0.15) is 0 Å². The summed E-state index contributed by atoms with van der Waals surface area (Å²) in [5.74, 6) is 0.364. The van der Waals surface area contributed by atoms with Crippen LogP contribution in [0.25, 0.3) is 0 Å². The molecule has 20 heavy (non-hydrogen) atoms. The summed E-state index contributed by atoms with van der Waals surface area (Å²) in [6, 6.07) is 7.59. The van der Waals surface area contributed by atoms with Crippen LogP contribution in [0, 0.1) is 0 Å². The Kier molecular flexibility index (Phi) is 12.5. The van der Waals surface area contributed by atoms with Gasteiger partial charge in [0, 0.05) is 0 Å². The van der Waals surface area contributed by atoms with Crippen molar-refractivity contribution >= 4 is 11.4 Å². The molecule has 0 bridgehead atoms. The average molecular weight is 301 g/mol. The fourth-order valence-electron chi connectivity index (χ4n) is 1.95. The Bertz CT molecular complexity index is 347. The second kappa shape index (κ2) is 13.1. The van der Waals surface area contributed by atoms with E-state index in [9.17, 15) is 0 Å². The van der Waals surface area contributed by atoms with Crippen molar-refractivity contribution in [1.29, 1.82) is 0 Å². The molecule has 0 heterocycles. The third-order valence-corrected chi connectivity index (χ3v) is 3.01. The van der Waals surface area contributed by atoms with Crippen LogP contribution in [0.15, 0.2) is 24.3 Å². The predicted octanol–water partition coefficient (Wildman–Crippen LogP) is 4.02. The number of benzene rings is 1. The highest BCUT2D eigenvalue weighted by molar-refractivity contribution is 7.73. The van der Waals surface area contributed by atoms with Gasteiger partial charge in [-0.3, -0.25) is 0 Å². The first kappa shape index (κ1) is 19.1. The van der Waals surface area contributed by atoms with Crippen molar-refractivity contribution in [2.75, 3.05) is 0 Å². The number of hydrogen-bond acceptors (Lipinski definition) is 3. The molecule has 0 fully saturated rings. The zero-order valence-corrected chi connectivity index (χ0v) is 12.9. The van der Waals surface area contributed by atoms with Gasteiger partial charge >= 0.3 is 0 Å². The molecule has 0 saturated carbocycles. The van der Waals surface area contributed by atoms with E-state index < -0.39 is 11.4 Å². The molecule has 1 unspecified atom stereocenters. The van der Waals surface area contributed by atoms with Gasteiger partial charge in [0.25, 0.3) is 0 Å². The van der Waals surface area contributed by atoms with E-state index in [4.69, 9.17) is 18.4 Å². The Labute approximate surface area is 124 Å².